The van der Waals surface area contributed by atoms with Gasteiger partial charge in [0.1, 0.15) is 5.75 Å². The first kappa shape index (κ1) is 18.2. The Morgan fingerprint density at radius 2 is 1.96 bits per heavy atom. The highest BCUT2D eigenvalue weighted by Crippen LogP contribution is 2.14. The minimum atomic E-state index is -0.135. The van der Waals surface area contributed by atoms with Gasteiger partial charge in [-0.25, -0.2) is 0 Å². The van der Waals surface area contributed by atoms with E-state index in [0.717, 1.165) is 30.1 Å². The van der Waals surface area contributed by atoms with E-state index in [-0.39, 0.29) is 31.0 Å². The van der Waals surface area contributed by atoms with Crippen LogP contribution >= 0.6 is 0 Å². The van der Waals surface area contributed by atoms with Gasteiger partial charge in [-0.2, -0.15) is 0 Å². The lowest BCUT2D eigenvalue weighted by molar-refractivity contribution is -0.862. The monoisotopic (exact) mass is 336 g/mol. The summed E-state index contributed by atoms with van der Waals surface area (Å²) in [4.78, 5) is 24.7. The summed E-state index contributed by atoms with van der Waals surface area (Å²) in [5, 5.41) is 5.67. The van der Waals surface area contributed by atoms with E-state index in [2.05, 4.69) is 10.6 Å². The highest BCUT2D eigenvalue weighted by atomic mass is 16.5. The van der Waals surface area contributed by atoms with Gasteiger partial charge in [0.15, 0.2) is 13.1 Å². The highest BCUT2D eigenvalue weighted by Gasteiger charge is 2.18. The third-order valence-electron chi connectivity index (χ3n) is 3.85. The molecule has 0 radical (unpaired) electrons. The Labute approximate surface area is 142 Å². The van der Waals surface area contributed by atoms with Crippen LogP contribution in [0.5, 0.6) is 5.75 Å². The molecule has 1 fully saturated rings. The van der Waals surface area contributed by atoms with Crippen molar-refractivity contribution in [3.8, 4) is 5.75 Å². The van der Waals surface area contributed by atoms with E-state index in [1.807, 2.05) is 7.05 Å². The Morgan fingerprint density at radius 3 is 2.58 bits per heavy atom. The molecule has 1 heterocycles. The summed E-state index contributed by atoms with van der Waals surface area (Å²) in [6, 6.07) is 7.12. The number of methoxy groups -OCH3 is 1. The summed E-state index contributed by atoms with van der Waals surface area (Å²) in [5.74, 6) is 0.531. The van der Waals surface area contributed by atoms with E-state index in [0.29, 0.717) is 12.2 Å². The van der Waals surface area contributed by atoms with Gasteiger partial charge >= 0.3 is 0 Å². The average Bonchev–Trinajstić information content (AvgIpc) is 3.07. The first-order valence-corrected chi connectivity index (χ1v) is 8.20. The zero-order valence-electron chi connectivity index (χ0n) is 14.3. The minimum Gasteiger partial charge on any atom is -0.497 e. The van der Waals surface area contributed by atoms with E-state index in [1.165, 1.54) is 0 Å². The number of benzene rings is 1. The number of nitrogens with one attached hydrogen (secondary N) is 3. The Bertz CT molecular complexity index is 541. The number of likely N-dealkylation sites (N-methyl/N-ethyl adjacent to an activating group) is 1. The summed E-state index contributed by atoms with van der Waals surface area (Å²) in [7, 11) is 3.41. The molecular formula is C17H26N3O4+. The van der Waals surface area contributed by atoms with Gasteiger partial charge in [-0.15, -0.1) is 0 Å². The third kappa shape index (κ3) is 6.17. The Hall–Kier alpha value is -2.12. The molecule has 0 bridgehead atoms. The van der Waals surface area contributed by atoms with Crippen LogP contribution in [0.1, 0.15) is 12.8 Å². The second-order valence-corrected chi connectivity index (χ2v) is 6.03. The number of ether oxygens (including phenoxy) is 2. The molecule has 3 N–H and O–H groups in total. The fourth-order valence-corrected chi connectivity index (χ4v) is 2.59. The number of carbonyl (C=O) groups is 2. The molecule has 0 saturated carbocycles. The molecule has 1 aromatic carbocycles. The van der Waals surface area contributed by atoms with Crippen LogP contribution in [-0.4, -0.2) is 58.3 Å². The number of carbonyl (C=O) groups excluding carboxylic acids is 2. The molecule has 0 aromatic heterocycles. The molecule has 24 heavy (non-hydrogen) atoms. The van der Waals surface area contributed by atoms with Crippen LogP contribution in [0.15, 0.2) is 24.3 Å². The fraction of sp³-hybridized carbons (Fsp3) is 0.529. The standard InChI is InChI=1S/C17H25N3O4/c1-20(11-16(21)18-10-15-4-3-9-24-15)12-17(22)19-13-5-7-14(23-2)8-6-13/h5-8,15H,3-4,9-12H2,1-2H3,(H,18,21)(H,19,22)/p+1/t15-/m0/s1. The molecule has 2 amide bonds. The van der Waals surface area contributed by atoms with Gasteiger partial charge in [-0.1, -0.05) is 0 Å². The lowest BCUT2D eigenvalue weighted by Gasteiger charge is -2.15. The maximum atomic E-state index is 12.0. The van der Waals surface area contributed by atoms with Gasteiger partial charge in [0.2, 0.25) is 0 Å². The summed E-state index contributed by atoms with van der Waals surface area (Å²) in [6.07, 6.45) is 2.18. The molecular weight excluding hydrogens is 310 g/mol. The van der Waals surface area contributed by atoms with E-state index in [1.54, 1.807) is 31.4 Å². The molecule has 7 nitrogen and oxygen atoms in total. The van der Waals surface area contributed by atoms with Gasteiger partial charge in [0, 0.05) is 18.8 Å². The molecule has 1 saturated heterocycles. The van der Waals surface area contributed by atoms with Gasteiger partial charge in [0.25, 0.3) is 11.8 Å². The summed E-state index contributed by atoms with van der Waals surface area (Å²) < 4.78 is 10.5. The highest BCUT2D eigenvalue weighted by molar-refractivity contribution is 5.91. The fourth-order valence-electron chi connectivity index (χ4n) is 2.59. The van der Waals surface area contributed by atoms with Gasteiger partial charge < -0.3 is 25.0 Å². The molecule has 2 atom stereocenters. The topological polar surface area (TPSA) is 81.1 Å². The van der Waals surface area contributed by atoms with Crippen molar-refractivity contribution in [3.63, 3.8) is 0 Å². The van der Waals surface area contributed by atoms with Crippen LogP contribution in [0, 0.1) is 0 Å². The molecule has 1 unspecified atom stereocenters. The smallest absolute Gasteiger partial charge is 0.279 e. The lowest BCUT2D eigenvalue weighted by Crippen LogP contribution is -3.11. The third-order valence-corrected chi connectivity index (χ3v) is 3.85. The SMILES string of the molecule is COc1ccc(NC(=O)C[NH+](C)CC(=O)NC[C@@H]2CCCO2)cc1. The average molecular weight is 336 g/mol. The molecule has 0 aliphatic carbocycles. The van der Waals surface area contributed by atoms with Crippen molar-refractivity contribution in [2.75, 3.05) is 45.7 Å². The van der Waals surface area contributed by atoms with Crippen LogP contribution in [-0.2, 0) is 14.3 Å². The van der Waals surface area contributed by atoms with Crippen molar-refractivity contribution in [2.24, 2.45) is 0 Å². The van der Waals surface area contributed by atoms with Crippen LogP contribution in [0.4, 0.5) is 5.69 Å². The number of rotatable bonds is 8. The van der Waals surface area contributed by atoms with Crippen LogP contribution in [0.25, 0.3) is 0 Å². The normalized spacial score (nSPS) is 18.0. The summed E-state index contributed by atoms with van der Waals surface area (Å²) in [6.45, 7) is 1.80. The van der Waals surface area contributed by atoms with E-state index in [4.69, 9.17) is 9.47 Å². The van der Waals surface area contributed by atoms with Gasteiger partial charge in [-0.3, -0.25) is 9.59 Å². The zero-order chi connectivity index (χ0) is 17.4. The molecule has 1 aliphatic rings. The molecule has 1 aromatic rings. The maximum Gasteiger partial charge on any atom is 0.279 e. The van der Waals surface area contributed by atoms with Crippen molar-refractivity contribution in [2.45, 2.75) is 18.9 Å². The van der Waals surface area contributed by atoms with Crippen molar-refractivity contribution < 1.29 is 24.0 Å². The zero-order valence-corrected chi connectivity index (χ0v) is 14.3. The Balaban J connectivity index is 1.67. The largest absolute Gasteiger partial charge is 0.497 e. The summed E-state index contributed by atoms with van der Waals surface area (Å²) in [5.41, 5.74) is 0.705. The number of quaternary nitrogens is 1. The maximum absolute atomic E-state index is 12.0. The number of amides is 2. The lowest BCUT2D eigenvalue weighted by atomic mass is 10.2. The number of anilines is 1. The van der Waals surface area contributed by atoms with Gasteiger partial charge in [-0.05, 0) is 37.1 Å². The minimum absolute atomic E-state index is 0.0692. The first-order chi connectivity index (χ1) is 11.6. The second kappa shape index (κ2) is 9.24. The van der Waals surface area contributed by atoms with Gasteiger partial charge in [0.05, 0.1) is 20.3 Å². The predicted octanol–water partition coefficient (Wildman–Crippen LogP) is -0.556. The second-order valence-electron chi connectivity index (χ2n) is 6.03. The van der Waals surface area contributed by atoms with E-state index >= 15 is 0 Å². The van der Waals surface area contributed by atoms with Crippen LogP contribution in [0.3, 0.4) is 0 Å². The molecule has 132 valence electrons. The van der Waals surface area contributed by atoms with Crippen molar-refractivity contribution in [3.05, 3.63) is 24.3 Å². The van der Waals surface area contributed by atoms with Crippen LogP contribution in [0.2, 0.25) is 0 Å². The van der Waals surface area contributed by atoms with Crippen LogP contribution < -0.4 is 20.3 Å². The Morgan fingerprint density at radius 1 is 1.25 bits per heavy atom. The van der Waals surface area contributed by atoms with Crippen molar-refractivity contribution in [1.82, 2.24) is 5.32 Å². The van der Waals surface area contributed by atoms with E-state index < -0.39 is 0 Å². The number of hydrogen-bond donors (Lipinski definition) is 3. The molecule has 0 spiro atoms. The molecule has 7 heteroatoms. The molecule has 2 rings (SSSR count). The van der Waals surface area contributed by atoms with E-state index in [9.17, 15) is 9.59 Å². The number of hydrogen-bond acceptors (Lipinski definition) is 4. The van der Waals surface area contributed by atoms with Crippen molar-refractivity contribution in [1.29, 1.82) is 0 Å². The molecule has 1 aliphatic heterocycles. The predicted molar refractivity (Wildman–Crippen MR) is 90.2 cm³/mol. The Kier molecular flexibility index (Phi) is 7.02. The summed E-state index contributed by atoms with van der Waals surface area (Å²) >= 11 is 0. The first-order valence-electron chi connectivity index (χ1n) is 8.20. The van der Waals surface area contributed by atoms with Crippen molar-refractivity contribution >= 4 is 17.5 Å². The quantitative estimate of drug-likeness (QED) is 0.595.